The summed E-state index contributed by atoms with van der Waals surface area (Å²) in [5.41, 5.74) is -1.54. The van der Waals surface area contributed by atoms with Crippen molar-refractivity contribution in [2.24, 2.45) is 0 Å². The molecule has 0 saturated carbocycles. The van der Waals surface area contributed by atoms with Crippen LogP contribution >= 0.6 is 0 Å². The van der Waals surface area contributed by atoms with E-state index in [0.717, 1.165) is 19.3 Å². The van der Waals surface area contributed by atoms with Crippen molar-refractivity contribution in [1.29, 1.82) is 0 Å². The highest BCUT2D eigenvalue weighted by atomic mass is 16.3. The Morgan fingerprint density at radius 2 is 1.67 bits per heavy atom. The highest BCUT2D eigenvalue weighted by Gasteiger charge is 2.43. The summed E-state index contributed by atoms with van der Waals surface area (Å²) in [6.45, 7) is 2.21. The SMILES string of the molecule is CCCCCCCCCC[C@]1(O)C(=O)C=C[C@@H]1O. The van der Waals surface area contributed by atoms with Gasteiger partial charge in [-0.3, -0.25) is 4.79 Å². The van der Waals surface area contributed by atoms with Gasteiger partial charge in [0.05, 0.1) is 0 Å². The molecule has 2 N–H and O–H groups in total. The average Bonchev–Trinajstić information content (AvgIpc) is 2.61. The molecule has 0 aromatic rings. The normalized spacial score (nSPS) is 27.1. The molecule has 0 aliphatic heterocycles. The van der Waals surface area contributed by atoms with Crippen molar-refractivity contribution in [3.05, 3.63) is 12.2 Å². The Labute approximate surface area is 110 Å². The first-order valence-corrected chi connectivity index (χ1v) is 7.24. The predicted molar refractivity (Wildman–Crippen MR) is 72.3 cm³/mol. The number of aliphatic hydroxyl groups is 2. The van der Waals surface area contributed by atoms with E-state index in [1.807, 2.05) is 0 Å². The minimum absolute atomic E-state index is 0.349. The third-order valence-electron chi connectivity index (χ3n) is 3.76. The zero-order chi connectivity index (χ0) is 13.4. The number of carbonyl (C=O) groups excluding carboxylic acids is 1. The van der Waals surface area contributed by atoms with Gasteiger partial charge in [-0.05, 0) is 25.0 Å². The molecule has 1 aliphatic rings. The fourth-order valence-corrected chi connectivity index (χ4v) is 2.43. The van der Waals surface area contributed by atoms with Gasteiger partial charge in [-0.2, -0.15) is 0 Å². The highest BCUT2D eigenvalue weighted by Crippen LogP contribution is 2.27. The Morgan fingerprint density at radius 1 is 1.11 bits per heavy atom. The van der Waals surface area contributed by atoms with Crippen molar-refractivity contribution >= 4 is 5.78 Å². The largest absolute Gasteiger partial charge is 0.386 e. The van der Waals surface area contributed by atoms with Gasteiger partial charge in [-0.25, -0.2) is 0 Å². The standard InChI is InChI=1S/C15H26O3/c1-2-3-4-5-6-7-8-9-12-15(18)13(16)10-11-14(15)17/h10-11,13,16,18H,2-9,12H2,1H3/t13-,15+/m0/s1. The van der Waals surface area contributed by atoms with Crippen molar-refractivity contribution in [1.82, 2.24) is 0 Å². The van der Waals surface area contributed by atoms with Crippen molar-refractivity contribution < 1.29 is 15.0 Å². The molecule has 0 fully saturated rings. The van der Waals surface area contributed by atoms with Crippen LogP contribution in [0.5, 0.6) is 0 Å². The molecule has 0 unspecified atom stereocenters. The van der Waals surface area contributed by atoms with Crippen molar-refractivity contribution in [3.63, 3.8) is 0 Å². The molecular weight excluding hydrogens is 228 g/mol. The van der Waals surface area contributed by atoms with Crippen LogP contribution < -0.4 is 0 Å². The van der Waals surface area contributed by atoms with Crippen LogP contribution in [0.3, 0.4) is 0 Å². The molecule has 0 heterocycles. The highest BCUT2D eigenvalue weighted by molar-refractivity contribution is 6.00. The lowest BCUT2D eigenvalue weighted by atomic mass is 9.90. The van der Waals surface area contributed by atoms with E-state index in [1.165, 1.54) is 44.3 Å². The summed E-state index contributed by atoms with van der Waals surface area (Å²) in [4.78, 5) is 11.4. The van der Waals surface area contributed by atoms with Crippen LogP contribution in [0.1, 0.15) is 64.7 Å². The monoisotopic (exact) mass is 254 g/mol. The fourth-order valence-electron chi connectivity index (χ4n) is 2.43. The van der Waals surface area contributed by atoms with Gasteiger partial charge in [-0.15, -0.1) is 0 Å². The van der Waals surface area contributed by atoms with Gasteiger partial charge >= 0.3 is 0 Å². The first-order chi connectivity index (χ1) is 8.61. The lowest BCUT2D eigenvalue weighted by molar-refractivity contribution is -0.139. The second-order valence-electron chi connectivity index (χ2n) is 5.32. The van der Waals surface area contributed by atoms with Crippen LogP contribution in [0.25, 0.3) is 0 Å². The summed E-state index contributed by atoms with van der Waals surface area (Å²) < 4.78 is 0. The third-order valence-corrected chi connectivity index (χ3v) is 3.76. The number of rotatable bonds is 9. The van der Waals surface area contributed by atoms with Crippen molar-refractivity contribution in [2.45, 2.75) is 76.4 Å². The molecule has 0 bridgehead atoms. The summed E-state index contributed by atoms with van der Waals surface area (Å²) in [5, 5.41) is 19.6. The van der Waals surface area contributed by atoms with E-state index in [1.54, 1.807) is 0 Å². The van der Waals surface area contributed by atoms with E-state index in [2.05, 4.69) is 6.92 Å². The molecule has 104 valence electrons. The van der Waals surface area contributed by atoms with E-state index in [0.29, 0.717) is 6.42 Å². The van der Waals surface area contributed by atoms with Crippen LogP contribution in [0.2, 0.25) is 0 Å². The van der Waals surface area contributed by atoms with Crippen LogP contribution in [-0.4, -0.2) is 27.7 Å². The number of aliphatic hydroxyl groups excluding tert-OH is 1. The quantitative estimate of drug-likeness (QED) is 0.622. The molecule has 0 aromatic carbocycles. The first kappa shape index (κ1) is 15.4. The van der Waals surface area contributed by atoms with Crippen LogP contribution in [0, 0.1) is 0 Å². The van der Waals surface area contributed by atoms with Crippen LogP contribution in [0.15, 0.2) is 12.2 Å². The molecule has 1 aliphatic carbocycles. The van der Waals surface area contributed by atoms with Crippen LogP contribution in [-0.2, 0) is 4.79 Å². The van der Waals surface area contributed by atoms with E-state index >= 15 is 0 Å². The molecule has 0 radical (unpaired) electrons. The lowest BCUT2D eigenvalue weighted by Crippen LogP contribution is -2.44. The minimum atomic E-state index is -1.54. The van der Waals surface area contributed by atoms with Gasteiger partial charge in [0.25, 0.3) is 0 Å². The zero-order valence-electron chi connectivity index (χ0n) is 11.4. The molecule has 0 saturated heterocycles. The number of hydrogen-bond acceptors (Lipinski definition) is 3. The van der Waals surface area contributed by atoms with E-state index in [9.17, 15) is 15.0 Å². The topological polar surface area (TPSA) is 57.5 Å². The molecule has 3 nitrogen and oxygen atoms in total. The van der Waals surface area contributed by atoms with E-state index in [-0.39, 0.29) is 5.78 Å². The molecule has 0 aromatic heterocycles. The second kappa shape index (κ2) is 7.70. The average molecular weight is 254 g/mol. The first-order valence-electron chi connectivity index (χ1n) is 7.24. The summed E-state index contributed by atoms with van der Waals surface area (Å²) in [6.07, 6.45) is 11.4. The van der Waals surface area contributed by atoms with Gasteiger partial charge < -0.3 is 10.2 Å². The van der Waals surface area contributed by atoms with Gasteiger partial charge in [0, 0.05) is 0 Å². The Kier molecular flexibility index (Phi) is 6.58. The van der Waals surface area contributed by atoms with Gasteiger partial charge in [-0.1, -0.05) is 51.9 Å². The Morgan fingerprint density at radius 3 is 2.17 bits per heavy atom. The lowest BCUT2D eigenvalue weighted by Gasteiger charge is -2.24. The summed E-state index contributed by atoms with van der Waals surface area (Å²) in [5.74, 6) is -0.349. The number of hydrogen-bond donors (Lipinski definition) is 2. The summed E-state index contributed by atoms with van der Waals surface area (Å²) in [6, 6.07) is 0. The van der Waals surface area contributed by atoms with E-state index in [4.69, 9.17) is 0 Å². The fraction of sp³-hybridized carbons (Fsp3) is 0.800. The van der Waals surface area contributed by atoms with Gasteiger partial charge in [0.15, 0.2) is 11.4 Å². The maximum atomic E-state index is 11.4. The minimum Gasteiger partial charge on any atom is -0.386 e. The molecule has 3 heteroatoms. The van der Waals surface area contributed by atoms with Gasteiger partial charge in [0.2, 0.25) is 0 Å². The number of carbonyl (C=O) groups is 1. The molecule has 1 rings (SSSR count). The molecular formula is C15H26O3. The molecule has 18 heavy (non-hydrogen) atoms. The molecule has 0 spiro atoms. The maximum Gasteiger partial charge on any atom is 0.189 e. The van der Waals surface area contributed by atoms with Crippen molar-refractivity contribution in [2.75, 3.05) is 0 Å². The summed E-state index contributed by atoms with van der Waals surface area (Å²) in [7, 11) is 0. The molecule has 0 amide bonds. The Hall–Kier alpha value is -0.670. The molecule has 2 atom stereocenters. The van der Waals surface area contributed by atoms with E-state index < -0.39 is 11.7 Å². The number of ketones is 1. The second-order valence-corrected chi connectivity index (χ2v) is 5.32. The zero-order valence-corrected chi connectivity index (χ0v) is 11.4. The smallest absolute Gasteiger partial charge is 0.189 e. The maximum absolute atomic E-state index is 11.4. The number of unbranched alkanes of at least 4 members (excludes halogenated alkanes) is 7. The van der Waals surface area contributed by atoms with Crippen molar-refractivity contribution in [3.8, 4) is 0 Å². The van der Waals surface area contributed by atoms with Gasteiger partial charge in [0.1, 0.15) is 6.10 Å². The predicted octanol–water partition coefficient (Wildman–Crippen LogP) is 2.75. The Bertz CT molecular complexity index is 285. The Balaban J connectivity index is 2.06. The van der Waals surface area contributed by atoms with Crippen LogP contribution in [0.4, 0.5) is 0 Å². The summed E-state index contributed by atoms with van der Waals surface area (Å²) >= 11 is 0. The third kappa shape index (κ3) is 4.21.